The van der Waals surface area contributed by atoms with Gasteiger partial charge in [0.15, 0.2) is 6.71 Å². The molecule has 1 aliphatic heterocycles. The van der Waals surface area contributed by atoms with Gasteiger partial charge in [0.25, 0.3) is 0 Å². The molecule has 1 aliphatic carbocycles. The maximum atomic E-state index is 12.2. The Kier molecular flexibility index (Phi) is 3.28. The highest BCUT2D eigenvalue weighted by Gasteiger charge is 2.24. The topological polar surface area (TPSA) is 17.1 Å². The lowest BCUT2D eigenvalue weighted by Crippen LogP contribution is -2.23. The molecular formula is C16H21BO. The maximum Gasteiger partial charge on any atom is 0.173 e. The molecule has 2 heteroatoms. The Morgan fingerprint density at radius 1 is 1.33 bits per heavy atom. The third-order valence-corrected chi connectivity index (χ3v) is 4.78. The fourth-order valence-corrected chi connectivity index (χ4v) is 3.56. The molecule has 1 heterocycles. The first-order chi connectivity index (χ1) is 8.74. The number of aryl methyl sites for hydroxylation is 1. The van der Waals surface area contributed by atoms with E-state index < -0.39 is 0 Å². The van der Waals surface area contributed by atoms with Gasteiger partial charge in [0, 0.05) is 12.3 Å². The van der Waals surface area contributed by atoms with Crippen LogP contribution in [0.15, 0.2) is 18.2 Å². The summed E-state index contributed by atoms with van der Waals surface area (Å²) >= 11 is 0. The molecule has 3 rings (SSSR count). The molecule has 2 aliphatic rings. The van der Waals surface area contributed by atoms with Gasteiger partial charge in [-0.3, -0.25) is 4.79 Å². The van der Waals surface area contributed by atoms with Crippen molar-refractivity contribution in [3.8, 4) is 0 Å². The van der Waals surface area contributed by atoms with Crippen molar-refractivity contribution in [1.29, 1.82) is 0 Å². The Bertz CT molecular complexity index is 460. The van der Waals surface area contributed by atoms with E-state index >= 15 is 0 Å². The Morgan fingerprint density at radius 3 is 2.89 bits per heavy atom. The van der Waals surface area contributed by atoms with E-state index in [0.717, 1.165) is 12.8 Å². The number of hydrogen-bond acceptors (Lipinski definition) is 1. The smallest absolute Gasteiger partial charge is 0.173 e. The van der Waals surface area contributed by atoms with E-state index in [-0.39, 0.29) is 0 Å². The lowest BCUT2D eigenvalue weighted by atomic mass is 9.48. The number of benzene rings is 1. The van der Waals surface area contributed by atoms with Gasteiger partial charge in [-0.25, -0.2) is 0 Å². The van der Waals surface area contributed by atoms with Gasteiger partial charge in [-0.05, 0) is 24.8 Å². The van der Waals surface area contributed by atoms with Gasteiger partial charge in [-0.15, -0.1) is 0 Å². The van der Waals surface area contributed by atoms with Crippen molar-refractivity contribution in [3.63, 3.8) is 0 Å². The first kappa shape index (κ1) is 12.0. The summed E-state index contributed by atoms with van der Waals surface area (Å²) in [6, 6.07) is 6.71. The van der Waals surface area contributed by atoms with E-state index in [4.69, 9.17) is 0 Å². The second-order valence-electron chi connectivity index (χ2n) is 6.10. The first-order valence-corrected chi connectivity index (χ1v) is 7.38. The zero-order chi connectivity index (χ0) is 12.5. The summed E-state index contributed by atoms with van der Waals surface area (Å²) < 4.78 is 0. The summed E-state index contributed by atoms with van der Waals surface area (Å²) in [5.41, 5.74) is 4.23. The van der Waals surface area contributed by atoms with Crippen molar-refractivity contribution >= 4 is 18.0 Å². The normalized spacial score (nSPS) is 19.3. The van der Waals surface area contributed by atoms with Crippen molar-refractivity contribution in [2.24, 2.45) is 5.92 Å². The van der Waals surface area contributed by atoms with Crippen LogP contribution < -0.4 is 5.46 Å². The van der Waals surface area contributed by atoms with E-state index in [2.05, 4.69) is 25.0 Å². The number of ketones is 1. The highest BCUT2D eigenvalue weighted by Crippen LogP contribution is 2.26. The SMILES string of the molecule is CB1CCc2ccc(CC(=O)C3CCCC3)cc21. The van der Waals surface area contributed by atoms with Gasteiger partial charge in [-0.1, -0.05) is 55.2 Å². The van der Waals surface area contributed by atoms with Gasteiger partial charge in [0.1, 0.15) is 5.78 Å². The quantitative estimate of drug-likeness (QED) is 0.742. The van der Waals surface area contributed by atoms with Crippen molar-refractivity contribution in [2.75, 3.05) is 0 Å². The number of carbonyl (C=O) groups is 1. The van der Waals surface area contributed by atoms with Crippen LogP contribution in [0.4, 0.5) is 0 Å². The van der Waals surface area contributed by atoms with Crippen LogP contribution in [0.25, 0.3) is 0 Å². The predicted octanol–water partition coefficient (Wildman–Crippen LogP) is 2.88. The molecule has 0 aromatic heterocycles. The fourth-order valence-electron chi connectivity index (χ4n) is 3.56. The molecule has 1 saturated carbocycles. The molecule has 0 saturated heterocycles. The zero-order valence-electron chi connectivity index (χ0n) is 11.2. The summed E-state index contributed by atoms with van der Waals surface area (Å²) in [6.07, 6.45) is 7.89. The van der Waals surface area contributed by atoms with E-state index in [1.165, 1.54) is 42.2 Å². The number of hydrogen-bond donors (Lipinski definition) is 0. The zero-order valence-corrected chi connectivity index (χ0v) is 11.2. The van der Waals surface area contributed by atoms with Gasteiger partial charge in [0.2, 0.25) is 0 Å². The molecule has 0 amide bonds. The molecule has 0 atom stereocenters. The van der Waals surface area contributed by atoms with E-state index in [0.29, 0.717) is 24.8 Å². The van der Waals surface area contributed by atoms with Crippen molar-refractivity contribution in [2.45, 2.75) is 51.7 Å². The molecule has 0 radical (unpaired) electrons. The predicted molar refractivity (Wildman–Crippen MR) is 76.9 cm³/mol. The summed E-state index contributed by atoms with van der Waals surface area (Å²) in [7, 11) is 0. The third-order valence-electron chi connectivity index (χ3n) is 4.78. The molecule has 1 aromatic carbocycles. The lowest BCUT2D eigenvalue weighted by molar-refractivity contribution is -0.122. The Balaban J connectivity index is 1.73. The number of Topliss-reactive ketones (excluding diaryl/α,β-unsaturated/α-hetero) is 1. The summed E-state index contributed by atoms with van der Waals surface area (Å²) in [4.78, 5) is 12.2. The Labute approximate surface area is 110 Å². The highest BCUT2D eigenvalue weighted by atomic mass is 16.1. The number of fused-ring (bicyclic) bond motifs is 1. The van der Waals surface area contributed by atoms with Crippen LogP contribution in [0, 0.1) is 5.92 Å². The third kappa shape index (κ3) is 2.25. The molecule has 0 bridgehead atoms. The van der Waals surface area contributed by atoms with Crippen molar-refractivity contribution in [3.05, 3.63) is 29.3 Å². The van der Waals surface area contributed by atoms with Crippen LogP contribution in [0.3, 0.4) is 0 Å². The summed E-state index contributed by atoms with van der Waals surface area (Å²) in [5, 5.41) is 0. The van der Waals surface area contributed by atoms with E-state index in [1.54, 1.807) is 0 Å². The average Bonchev–Trinajstić information content (AvgIpc) is 3.00. The molecule has 94 valence electrons. The monoisotopic (exact) mass is 240 g/mol. The maximum absolute atomic E-state index is 12.2. The van der Waals surface area contributed by atoms with E-state index in [9.17, 15) is 4.79 Å². The minimum Gasteiger partial charge on any atom is -0.299 e. The van der Waals surface area contributed by atoms with Crippen LogP contribution in [-0.4, -0.2) is 12.5 Å². The molecule has 18 heavy (non-hydrogen) atoms. The minimum atomic E-state index is 0.357. The second kappa shape index (κ2) is 4.91. The van der Waals surface area contributed by atoms with E-state index in [1.807, 2.05) is 0 Å². The molecule has 1 fully saturated rings. The van der Waals surface area contributed by atoms with Gasteiger partial charge >= 0.3 is 0 Å². The van der Waals surface area contributed by atoms with Crippen LogP contribution in [0.5, 0.6) is 0 Å². The second-order valence-corrected chi connectivity index (χ2v) is 6.10. The molecule has 0 N–H and O–H groups in total. The first-order valence-electron chi connectivity index (χ1n) is 7.38. The van der Waals surface area contributed by atoms with Crippen LogP contribution in [-0.2, 0) is 17.6 Å². The average molecular weight is 240 g/mol. The minimum absolute atomic E-state index is 0.357. The number of rotatable bonds is 3. The van der Waals surface area contributed by atoms with Crippen LogP contribution >= 0.6 is 0 Å². The Morgan fingerprint density at radius 2 is 2.11 bits per heavy atom. The van der Waals surface area contributed by atoms with Crippen molar-refractivity contribution in [1.82, 2.24) is 0 Å². The summed E-state index contributed by atoms with van der Waals surface area (Å²) in [6.45, 7) is 2.98. The van der Waals surface area contributed by atoms with Gasteiger partial charge in [-0.2, -0.15) is 0 Å². The molecule has 1 aromatic rings. The lowest BCUT2D eigenvalue weighted by Gasteiger charge is -2.10. The molecule has 1 nitrogen and oxygen atoms in total. The molecular weight excluding hydrogens is 219 g/mol. The standard InChI is InChI=1S/C16H21BO/c1-17-9-8-13-7-6-12(10-15(13)17)11-16(18)14-4-2-3-5-14/h6-7,10,14H,2-5,8-9,11H2,1H3. The molecule has 0 unspecified atom stereocenters. The molecule has 0 spiro atoms. The highest BCUT2D eigenvalue weighted by molar-refractivity contribution is 6.73. The number of carbonyl (C=O) groups excluding carboxylic acids is 1. The van der Waals surface area contributed by atoms with Gasteiger partial charge < -0.3 is 0 Å². The van der Waals surface area contributed by atoms with Gasteiger partial charge in [0.05, 0.1) is 0 Å². The van der Waals surface area contributed by atoms with Crippen LogP contribution in [0.2, 0.25) is 13.1 Å². The van der Waals surface area contributed by atoms with Crippen molar-refractivity contribution < 1.29 is 4.79 Å². The Hall–Kier alpha value is -1.05. The van der Waals surface area contributed by atoms with Crippen LogP contribution in [0.1, 0.15) is 36.8 Å². The fraction of sp³-hybridized carbons (Fsp3) is 0.562. The summed E-state index contributed by atoms with van der Waals surface area (Å²) in [5.74, 6) is 0.828. The largest absolute Gasteiger partial charge is 0.299 e.